The van der Waals surface area contributed by atoms with E-state index < -0.39 is 30.7 Å². The monoisotopic (exact) mass is 301 g/mol. The summed E-state index contributed by atoms with van der Waals surface area (Å²) >= 11 is 0. The maximum absolute atomic E-state index is 10.0. The lowest BCUT2D eigenvalue weighted by atomic mass is 9.83. The summed E-state index contributed by atoms with van der Waals surface area (Å²) in [6.45, 7) is 3.85. The van der Waals surface area contributed by atoms with Crippen LogP contribution in [0.25, 0.3) is 0 Å². The molecule has 7 atom stereocenters. The molecule has 2 rings (SSSR count). The summed E-state index contributed by atoms with van der Waals surface area (Å²) in [5, 5.41) is 29.6. The lowest BCUT2D eigenvalue weighted by Gasteiger charge is -2.42. The van der Waals surface area contributed by atoms with Gasteiger partial charge in [0, 0.05) is 0 Å². The Morgan fingerprint density at radius 1 is 1.19 bits per heavy atom. The largest absolute Gasteiger partial charge is 0.388 e. The van der Waals surface area contributed by atoms with Crippen molar-refractivity contribution < 1.29 is 24.8 Å². The minimum atomic E-state index is -1.23. The summed E-state index contributed by atoms with van der Waals surface area (Å²) in [6.07, 6.45) is 3.94. The molecule has 2 fully saturated rings. The Kier molecular flexibility index (Phi) is 6.44. The molecule has 1 aliphatic carbocycles. The van der Waals surface area contributed by atoms with E-state index in [4.69, 9.17) is 9.47 Å². The van der Waals surface area contributed by atoms with Crippen LogP contribution in [-0.4, -0.2) is 52.1 Å². The molecule has 1 saturated heterocycles. The molecule has 0 amide bonds. The van der Waals surface area contributed by atoms with Gasteiger partial charge in [-0.1, -0.05) is 26.2 Å². The highest BCUT2D eigenvalue weighted by Crippen LogP contribution is 2.33. The molecule has 0 spiro atoms. The van der Waals surface area contributed by atoms with Crippen LogP contribution in [-0.2, 0) is 9.47 Å². The zero-order valence-electron chi connectivity index (χ0n) is 13.0. The van der Waals surface area contributed by atoms with Crippen molar-refractivity contribution in [3.8, 4) is 0 Å². The average molecular weight is 301 g/mol. The molecular weight excluding hydrogens is 272 g/mol. The number of ether oxygens (including phenoxy) is 2. The van der Waals surface area contributed by atoms with Gasteiger partial charge in [0.05, 0.1) is 12.2 Å². The molecule has 1 aliphatic heterocycles. The molecule has 3 N–H and O–H groups in total. The van der Waals surface area contributed by atoms with Crippen molar-refractivity contribution in [3.63, 3.8) is 0 Å². The molecule has 0 bridgehead atoms. The van der Waals surface area contributed by atoms with Crippen molar-refractivity contribution in [1.29, 1.82) is 0 Å². The van der Waals surface area contributed by atoms with Crippen molar-refractivity contribution in [2.24, 2.45) is 5.92 Å². The van der Waals surface area contributed by atoms with Crippen LogP contribution in [0.5, 0.6) is 0 Å². The smallest absolute Gasteiger partial charge is 0.186 e. The normalized spacial score (nSPS) is 44.7. The predicted octanol–water partition coefficient (Wildman–Crippen LogP) is 1.39. The van der Waals surface area contributed by atoms with E-state index in [1.807, 2.05) is 0 Å². The van der Waals surface area contributed by atoms with E-state index in [2.05, 4.69) is 13.3 Å². The van der Waals surface area contributed by atoms with Gasteiger partial charge in [-0.15, -0.1) is 0 Å². The van der Waals surface area contributed by atoms with Gasteiger partial charge in [0.2, 0.25) is 0 Å². The Morgan fingerprint density at radius 2 is 1.95 bits per heavy atom. The molecule has 0 aromatic rings. The summed E-state index contributed by atoms with van der Waals surface area (Å²) in [6, 6.07) is 0. The minimum Gasteiger partial charge on any atom is -0.388 e. The van der Waals surface area contributed by atoms with Gasteiger partial charge in [0.15, 0.2) is 6.29 Å². The maximum atomic E-state index is 10.0. The van der Waals surface area contributed by atoms with Crippen LogP contribution < -0.4 is 0 Å². The van der Waals surface area contributed by atoms with Gasteiger partial charge >= 0.3 is 0 Å². The fraction of sp³-hybridized carbons (Fsp3) is 0.938. The van der Waals surface area contributed by atoms with Crippen molar-refractivity contribution >= 4 is 0 Å². The highest BCUT2D eigenvalue weighted by Gasteiger charge is 2.44. The Balaban J connectivity index is 1.94. The van der Waals surface area contributed by atoms with Gasteiger partial charge in [0.1, 0.15) is 18.3 Å². The number of hydrogen-bond acceptors (Lipinski definition) is 5. The van der Waals surface area contributed by atoms with E-state index in [9.17, 15) is 15.3 Å². The Hall–Kier alpha value is -0.200. The molecule has 2 aliphatic rings. The fourth-order valence-electron chi connectivity index (χ4n) is 3.24. The molecule has 21 heavy (non-hydrogen) atoms. The van der Waals surface area contributed by atoms with Crippen LogP contribution in [0.2, 0.25) is 0 Å². The van der Waals surface area contributed by atoms with Crippen LogP contribution in [0.3, 0.4) is 0 Å². The van der Waals surface area contributed by atoms with Crippen LogP contribution in [0.1, 0.15) is 52.4 Å². The summed E-state index contributed by atoms with van der Waals surface area (Å²) in [4.78, 5) is 0. The van der Waals surface area contributed by atoms with E-state index in [1.165, 1.54) is 12.8 Å². The first-order valence-electron chi connectivity index (χ1n) is 8.23. The molecule has 5 heteroatoms. The van der Waals surface area contributed by atoms with Crippen molar-refractivity contribution in [2.45, 2.75) is 89.2 Å². The molecule has 5 nitrogen and oxygen atoms in total. The predicted molar refractivity (Wildman–Crippen MR) is 78.4 cm³/mol. The third-order valence-electron chi connectivity index (χ3n) is 4.67. The summed E-state index contributed by atoms with van der Waals surface area (Å²) in [5.41, 5.74) is 0. The molecule has 123 valence electrons. The van der Waals surface area contributed by atoms with Crippen molar-refractivity contribution in [3.05, 3.63) is 6.42 Å². The van der Waals surface area contributed by atoms with E-state index in [1.54, 1.807) is 6.92 Å². The van der Waals surface area contributed by atoms with Gasteiger partial charge in [0.25, 0.3) is 0 Å². The fourth-order valence-corrected chi connectivity index (χ4v) is 3.24. The van der Waals surface area contributed by atoms with Crippen molar-refractivity contribution in [2.75, 3.05) is 0 Å². The molecule has 0 unspecified atom stereocenters. The topological polar surface area (TPSA) is 79.2 Å². The first-order valence-corrected chi connectivity index (χ1v) is 8.23. The van der Waals surface area contributed by atoms with Crippen molar-refractivity contribution in [1.82, 2.24) is 0 Å². The number of unbranched alkanes of at least 4 members (excludes halogenated alkanes) is 1. The second kappa shape index (κ2) is 7.88. The van der Waals surface area contributed by atoms with Gasteiger partial charge in [-0.05, 0) is 38.5 Å². The molecule has 1 radical (unpaired) electrons. The quantitative estimate of drug-likeness (QED) is 0.715. The van der Waals surface area contributed by atoms with Crippen LogP contribution in [0, 0.1) is 12.3 Å². The zero-order chi connectivity index (χ0) is 15.4. The van der Waals surface area contributed by atoms with Gasteiger partial charge < -0.3 is 24.8 Å². The SMILES string of the molecule is CCCC[C@H]1CCC[CH][C@H]1O[C@@H]1O[C@H](C)[C@H](O)[C@H](O)[C@H]1O. The second-order valence-corrected chi connectivity index (χ2v) is 6.35. The molecule has 1 heterocycles. The zero-order valence-corrected chi connectivity index (χ0v) is 13.0. The van der Waals surface area contributed by atoms with Gasteiger partial charge in [-0.3, -0.25) is 0 Å². The lowest BCUT2D eigenvalue weighted by molar-refractivity contribution is -0.306. The third-order valence-corrected chi connectivity index (χ3v) is 4.67. The van der Waals surface area contributed by atoms with Crippen LogP contribution in [0.4, 0.5) is 0 Å². The van der Waals surface area contributed by atoms with Gasteiger partial charge in [-0.2, -0.15) is 0 Å². The van der Waals surface area contributed by atoms with E-state index >= 15 is 0 Å². The second-order valence-electron chi connectivity index (χ2n) is 6.35. The van der Waals surface area contributed by atoms with Crippen LogP contribution >= 0.6 is 0 Å². The Morgan fingerprint density at radius 3 is 2.67 bits per heavy atom. The lowest BCUT2D eigenvalue weighted by Crippen LogP contribution is -2.58. The average Bonchev–Trinajstić information content (AvgIpc) is 2.49. The maximum Gasteiger partial charge on any atom is 0.186 e. The standard InChI is InChI=1S/C16H29O5/c1-3-4-7-11-8-5-6-9-12(11)21-16-15(19)14(18)13(17)10(2)20-16/h9-19H,3-8H2,1-2H3/t10-,11+,12-,13+,14+,15-,16+/m1/s1. The summed E-state index contributed by atoms with van der Waals surface area (Å²) < 4.78 is 11.5. The van der Waals surface area contributed by atoms with E-state index in [0.717, 1.165) is 25.7 Å². The Bertz CT molecular complexity index is 311. The van der Waals surface area contributed by atoms with Gasteiger partial charge in [-0.25, -0.2) is 0 Å². The molecule has 0 aromatic carbocycles. The van der Waals surface area contributed by atoms with E-state index in [0.29, 0.717) is 5.92 Å². The minimum absolute atomic E-state index is 0.0420. The number of aliphatic hydroxyl groups is 3. The number of aliphatic hydroxyl groups excluding tert-OH is 3. The summed E-state index contributed by atoms with van der Waals surface area (Å²) in [7, 11) is 0. The molecule has 0 aromatic heterocycles. The first-order chi connectivity index (χ1) is 10.0. The first kappa shape index (κ1) is 17.2. The number of rotatable bonds is 5. The Labute approximate surface area is 127 Å². The van der Waals surface area contributed by atoms with E-state index in [-0.39, 0.29) is 6.10 Å². The molecule has 1 saturated carbocycles. The van der Waals surface area contributed by atoms with Crippen LogP contribution in [0.15, 0.2) is 0 Å². The third kappa shape index (κ3) is 4.17. The number of hydrogen-bond donors (Lipinski definition) is 3. The summed E-state index contributed by atoms with van der Waals surface area (Å²) in [5.74, 6) is 0.453. The highest BCUT2D eigenvalue weighted by molar-refractivity contribution is 4.92. The highest BCUT2D eigenvalue weighted by atomic mass is 16.7. The molecular formula is C16H29O5.